The molecule has 0 fully saturated rings. The average molecular weight is 167 g/mol. The first-order valence-electron chi connectivity index (χ1n) is 3.67. The second-order valence-corrected chi connectivity index (χ2v) is 2.42. The Labute approximate surface area is 72.2 Å². The van der Waals surface area contributed by atoms with E-state index in [0.717, 1.165) is 0 Å². The highest BCUT2D eigenvalue weighted by Crippen LogP contribution is 1.95. The van der Waals surface area contributed by atoms with Crippen LogP contribution in [0.3, 0.4) is 0 Å². The smallest absolute Gasteiger partial charge is 0.253 e. The van der Waals surface area contributed by atoms with E-state index in [4.69, 9.17) is 0 Å². The number of nitrogens with one attached hydrogen (secondary N) is 1. The Morgan fingerprint density at radius 1 is 1.42 bits per heavy atom. The molecule has 0 bridgehead atoms. The molecule has 66 valence electrons. The molecule has 0 aromatic rings. The number of hydrogen-bond donors (Lipinski definition) is 1. The maximum absolute atomic E-state index is 11.0. The van der Waals surface area contributed by atoms with Gasteiger partial charge in [-0.3, -0.25) is 14.9 Å². The minimum absolute atomic E-state index is 0.341. The normalized spacial score (nSPS) is 10.7. The van der Waals surface area contributed by atoms with Crippen molar-refractivity contribution in [2.75, 3.05) is 0 Å². The van der Waals surface area contributed by atoms with Gasteiger partial charge >= 0.3 is 0 Å². The SMILES string of the molecule is C=CC/C=C(/C)C(=O)NC(C)=O. The van der Waals surface area contributed by atoms with E-state index in [9.17, 15) is 9.59 Å². The summed E-state index contributed by atoms with van der Waals surface area (Å²) in [5.74, 6) is -0.685. The number of imide groups is 1. The lowest BCUT2D eigenvalue weighted by Gasteiger charge is -1.99. The maximum atomic E-state index is 11.0. The molecule has 0 saturated heterocycles. The summed E-state index contributed by atoms with van der Waals surface area (Å²) in [6.45, 7) is 6.47. The van der Waals surface area contributed by atoms with E-state index >= 15 is 0 Å². The van der Waals surface area contributed by atoms with Gasteiger partial charge in [-0.05, 0) is 13.3 Å². The van der Waals surface area contributed by atoms with Gasteiger partial charge in [0.05, 0.1) is 0 Å². The lowest BCUT2D eigenvalue weighted by Crippen LogP contribution is -2.28. The quantitative estimate of drug-likeness (QED) is 0.506. The van der Waals surface area contributed by atoms with Crippen LogP contribution in [0.15, 0.2) is 24.3 Å². The highest BCUT2D eigenvalue weighted by atomic mass is 16.2. The van der Waals surface area contributed by atoms with Crippen LogP contribution in [0.5, 0.6) is 0 Å². The zero-order valence-corrected chi connectivity index (χ0v) is 7.39. The molecule has 0 spiro atoms. The molecule has 0 aromatic carbocycles. The van der Waals surface area contributed by atoms with Gasteiger partial charge in [0.2, 0.25) is 5.91 Å². The van der Waals surface area contributed by atoms with Crippen LogP contribution in [0.1, 0.15) is 20.3 Å². The van der Waals surface area contributed by atoms with E-state index in [1.165, 1.54) is 6.92 Å². The van der Waals surface area contributed by atoms with Crippen molar-refractivity contribution in [3.63, 3.8) is 0 Å². The van der Waals surface area contributed by atoms with Gasteiger partial charge in [0, 0.05) is 12.5 Å². The highest BCUT2D eigenvalue weighted by Gasteiger charge is 2.03. The van der Waals surface area contributed by atoms with Crippen LogP contribution in [-0.2, 0) is 9.59 Å². The molecular formula is C9H13NO2. The fourth-order valence-corrected chi connectivity index (χ4v) is 0.611. The van der Waals surface area contributed by atoms with Crippen molar-refractivity contribution in [1.29, 1.82) is 0 Å². The van der Waals surface area contributed by atoms with Crippen molar-refractivity contribution in [2.45, 2.75) is 20.3 Å². The van der Waals surface area contributed by atoms with Crippen LogP contribution in [0.2, 0.25) is 0 Å². The van der Waals surface area contributed by atoms with Crippen molar-refractivity contribution in [3.05, 3.63) is 24.3 Å². The first-order chi connectivity index (χ1) is 5.57. The summed E-state index contributed by atoms with van der Waals surface area (Å²) in [5, 5.41) is 2.17. The Morgan fingerprint density at radius 2 is 2.00 bits per heavy atom. The second-order valence-electron chi connectivity index (χ2n) is 2.42. The molecule has 3 nitrogen and oxygen atoms in total. The lowest BCUT2D eigenvalue weighted by molar-refractivity contribution is -0.127. The molecule has 0 atom stereocenters. The number of amides is 2. The fraction of sp³-hybridized carbons (Fsp3) is 0.333. The minimum Gasteiger partial charge on any atom is -0.293 e. The van der Waals surface area contributed by atoms with E-state index in [2.05, 4.69) is 11.9 Å². The van der Waals surface area contributed by atoms with Crippen molar-refractivity contribution in [1.82, 2.24) is 5.32 Å². The van der Waals surface area contributed by atoms with Crippen LogP contribution in [0.4, 0.5) is 0 Å². The highest BCUT2D eigenvalue weighted by molar-refractivity contribution is 6.03. The molecule has 0 aliphatic rings. The van der Waals surface area contributed by atoms with Crippen LogP contribution in [0.25, 0.3) is 0 Å². The minimum atomic E-state index is -0.343. The summed E-state index contributed by atoms with van der Waals surface area (Å²) >= 11 is 0. The van der Waals surface area contributed by atoms with Gasteiger partial charge in [0.1, 0.15) is 0 Å². The third kappa shape index (κ3) is 4.44. The number of hydrogen-bond acceptors (Lipinski definition) is 2. The lowest BCUT2D eigenvalue weighted by atomic mass is 10.2. The first-order valence-corrected chi connectivity index (χ1v) is 3.67. The zero-order valence-electron chi connectivity index (χ0n) is 7.39. The Hall–Kier alpha value is -1.38. The zero-order chi connectivity index (χ0) is 9.56. The van der Waals surface area contributed by atoms with Gasteiger partial charge in [0.15, 0.2) is 0 Å². The van der Waals surface area contributed by atoms with Gasteiger partial charge in [0.25, 0.3) is 5.91 Å². The summed E-state index contributed by atoms with van der Waals surface area (Å²) in [6, 6.07) is 0. The average Bonchev–Trinajstić information content (AvgIpc) is 1.98. The van der Waals surface area contributed by atoms with Crippen molar-refractivity contribution in [2.24, 2.45) is 0 Å². The molecule has 0 aromatic heterocycles. The molecule has 12 heavy (non-hydrogen) atoms. The van der Waals surface area contributed by atoms with Gasteiger partial charge in [-0.2, -0.15) is 0 Å². The topological polar surface area (TPSA) is 46.2 Å². The predicted molar refractivity (Wildman–Crippen MR) is 47.4 cm³/mol. The summed E-state index contributed by atoms with van der Waals surface area (Å²) in [4.78, 5) is 21.5. The van der Waals surface area contributed by atoms with E-state index < -0.39 is 0 Å². The molecule has 0 unspecified atom stereocenters. The maximum Gasteiger partial charge on any atom is 0.253 e. The molecule has 0 radical (unpaired) electrons. The Bertz CT molecular complexity index is 229. The number of carbonyl (C=O) groups is 2. The van der Waals surface area contributed by atoms with Crippen molar-refractivity contribution < 1.29 is 9.59 Å². The largest absolute Gasteiger partial charge is 0.293 e. The molecular weight excluding hydrogens is 154 g/mol. The molecule has 1 N–H and O–H groups in total. The standard InChI is InChI=1S/C9H13NO2/c1-4-5-6-7(2)9(12)10-8(3)11/h4,6H,1,5H2,2-3H3,(H,10,11,12)/b7-6-. The van der Waals surface area contributed by atoms with E-state index in [1.807, 2.05) is 0 Å². The molecule has 0 saturated carbocycles. The van der Waals surface area contributed by atoms with Gasteiger partial charge in [-0.15, -0.1) is 6.58 Å². The van der Waals surface area contributed by atoms with E-state index in [1.54, 1.807) is 19.1 Å². The monoisotopic (exact) mass is 167 g/mol. The van der Waals surface area contributed by atoms with Gasteiger partial charge in [-0.1, -0.05) is 12.2 Å². The number of allylic oxidation sites excluding steroid dienone is 2. The Balaban J connectivity index is 4.09. The summed E-state index contributed by atoms with van der Waals surface area (Å²) in [6.07, 6.45) is 4.03. The Morgan fingerprint density at radius 3 is 2.42 bits per heavy atom. The van der Waals surface area contributed by atoms with Crippen molar-refractivity contribution >= 4 is 11.8 Å². The molecule has 2 amide bonds. The summed E-state index contributed by atoms with van der Waals surface area (Å²) in [7, 11) is 0. The van der Waals surface area contributed by atoms with E-state index in [-0.39, 0.29) is 11.8 Å². The summed E-state index contributed by atoms with van der Waals surface area (Å²) in [5.41, 5.74) is 0.533. The predicted octanol–water partition coefficient (Wildman–Crippen LogP) is 1.17. The van der Waals surface area contributed by atoms with Crippen LogP contribution < -0.4 is 5.32 Å². The number of rotatable bonds is 3. The third-order valence-corrected chi connectivity index (χ3v) is 1.24. The molecule has 0 aliphatic heterocycles. The Kier molecular flexibility index (Phi) is 4.69. The first kappa shape index (κ1) is 10.6. The third-order valence-electron chi connectivity index (χ3n) is 1.24. The molecule has 3 heteroatoms. The fourth-order valence-electron chi connectivity index (χ4n) is 0.611. The van der Waals surface area contributed by atoms with Crippen molar-refractivity contribution in [3.8, 4) is 0 Å². The van der Waals surface area contributed by atoms with Gasteiger partial charge in [-0.25, -0.2) is 0 Å². The van der Waals surface area contributed by atoms with Crippen LogP contribution in [0, 0.1) is 0 Å². The number of carbonyl (C=O) groups excluding carboxylic acids is 2. The second kappa shape index (κ2) is 5.29. The molecule has 0 rings (SSSR count). The molecule has 0 aliphatic carbocycles. The van der Waals surface area contributed by atoms with Crippen LogP contribution in [-0.4, -0.2) is 11.8 Å². The molecule has 0 heterocycles. The summed E-state index contributed by atoms with van der Waals surface area (Å²) < 4.78 is 0. The van der Waals surface area contributed by atoms with Gasteiger partial charge < -0.3 is 0 Å². The van der Waals surface area contributed by atoms with E-state index in [0.29, 0.717) is 12.0 Å². The van der Waals surface area contributed by atoms with Crippen LogP contribution >= 0.6 is 0 Å².